The Balaban J connectivity index is 1.41. The van der Waals surface area contributed by atoms with Crippen LogP contribution in [-0.2, 0) is 6.42 Å². The summed E-state index contributed by atoms with van der Waals surface area (Å²) in [4.78, 5) is 2.48. The van der Waals surface area contributed by atoms with Crippen molar-refractivity contribution in [3.8, 4) is 5.75 Å². The minimum absolute atomic E-state index is 0.492. The average Bonchev–Trinajstić information content (AvgIpc) is 2.70. The molecule has 1 aliphatic heterocycles. The highest BCUT2D eigenvalue weighted by molar-refractivity contribution is 7.80. The second-order valence-electron chi connectivity index (χ2n) is 6.58. The van der Waals surface area contributed by atoms with Gasteiger partial charge in [0.2, 0.25) is 0 Å². The molecule has 0 saturated carbocycles. The standard InChI is InChI=1S/C22H27N3OS/c1-2-16-26-20-11-5-10-19(17-20)24-22(27)23-13-7-15-25-14-6-9-18-8-3-4-12-21(18)25/h2-5,8,10-12,17H,1,6-7,9,13-16H2,(H2,23,24,27). The van der Waals surface area contributed by atoms with Crippen LogP contribution in [0.3, 0.4) is 0 Å². The Hall–Kier alpha value is -2.53. The number of fused-ring (bicyclic) bond motifs is 1. The van der Waals surface area contributed by atoms with Gasteiger partial charge in [0.15, 0.2) is 5.11 Å². The van der Waals surface area contributed by atoms with Crippen LogP contribution < -0.4 is 20.3 Å². The molecule has 27 heavy (non-hydrogen) atoms. The fraction of sp³-hybridized carbons (Fsp3) is 0.318. The number of hydrogen-bond acceptors (Lipinski definition) is 3. The molecule has 142 valence electrons. The number of anilines is 2. The zero-order valence-corrected chi connectivity index (χ0v) is 16.4. The van der Waals surface area contributed by atoms with E-state index < -0.39 is 0 Å². The number of aryl methyl sites for hydroxylation is 1. The van der Waals surface area contributed by atoms with E-state index in [0.717, 1.165) is 37.5 Å². The van der Waals surface area contributed by atoms with Gasteiger partial charge in [-0.2, -0.15) is 0 Å². The molecular weight excluding hydrogens is 354 g/mol. The van der Waals surface area contributed by atoms with E-state index in [4.69, 9.17) is 17.0 Å². The number of hydrogen-bond donors (Lipinski definition) is 2. The highest BCUT2D eigenvalue weighted by atomic mass is 32.1. The molecule has 4 nitrogen and oxygen atoms in total. The van der Waals surface area contributed by atoms with Crippen molar-refractivity contribution in [2.45, 2.75) is 19.3 Å². The summed E-state index contributed by atoms with van der Waals surface area (Å²) in [6, 6.07) is 16.5. The fourth-order valence-electron chi connectivity index (χ4n) is 3.31. The van der Waals surface area contributed by atoms with Crippen LogP contribution in [-0.4, -0.2) is 31.4 Å². The largest absolute Gasteiger partial charge is 0.489 e. The van der Waals surface area contributed by atoms with Gasteiger partial charge < -0.3 is 20.3 Å². The van der Waals surface area contributed by atoms with Gasteiger partial charge in [-0.1, -0.05) is 36.9 Å². The minimum atomic E-state index is 0.492. The molecule has 3 rings (SSSR count). The maximum atomic E-state index is 5.54. The van der Waals surface area contributed by atoms with Crippen molar-refractivity contribution in [3.63, 3.8) is 0 Å². The van der Waals surface area contributed by atoms with Crippen LogP contribution >= 0.6 is 12.2 Å². The predicted octanol–water partition coefficient (Wildman–Crippen LogP) is 4.38. The van der Waals surface area contributed by atoms with Crippen LogP contribution in [0, 0.1) is 0 Å². The van der Waals surface area contributed by atoms with Gasteiger partial charge in [0, 0.05) is 37.1 Å². The predicted molar refractivity (Wildman–Crippen MR) is 118 cm³/mol. The molecule has 5 heteroatoms. The highest BCUT2D eigenvalue weighted by Crippen LogP contribution is 2.26. The quantitative estimate of drug-likeness (QED) is 0.403. The van der Waals surface area contributed by atoms with E-state index in [1.807, 2.05) is 24.3 Å². The number of benzene rings is 2. The summed E-state index contributed by atoms with van der Waals surface area (Å²) in [5, 5.41) is 7.14. The Bertz CT molecular complexity index is 778. The molecule has 1 aliphatic rings. The van der Waals surface area contributed by atoms with Gasteiger partial charge in [0.1, 0.15) is 12.4 Å². The maximum Gasteiger partial charge on any atom is 0.170 e. The third kappa shape index (κ3) is 5.73. The molecule has 0 amide bonds. The number of thiocarbonyl (C=S) groups is 1. The first kappa shape index (κ1) is 19.2. The summed E-state index contributed by atoms with van der Waals surface area (Å²) in [6.07, 6.45) is 5.19. The zero-order valence-electron chi connectivity index (χ0n) is 15.6. The smallest absolute Gasteiger partial charge is 0.170 e. The first-order valence-corrected chi connectivity index (χ1v) is 9.88. The topological polar surface area (TPSA) is 36.5 Å². The lowest BCUT2D eigenvalue weighted by molar-refractivity contribution is 0.363. The third-order valence-electron chi connectivity index (χ3n) is 4.56. The molecule has 0 aliphatic carbocycles. The number of ether oxygens (including phenoxy) is 1. The van der Waals surface area contributed by atoms with Crippen molar-refractivity contribution in [2.24, 2.45) is 0 Å². The van der Waals surface area contributed by atoms with Crippen LogP contribution in [0.1, 0.15) is 18.4 Å². The van der Waals surface area contributed by atoms with Gasteiger partial charge in [0.05, 0.1) is 0 Å². The van der Waals surface area contributed by atoms with Crippen molar-refractivity contribution in [3.05, 3.63) is 66.7 Å². The second kappa shape index (κ2) is 9.97. The Kier molecular flexibility index (Phi) is 7.11. The Morgan fingerprint density at radius 2 is 2.11 bits per heavy atom. The first-order chi connectivity index (χ1) is 13.3. The van der Waals surface area contributed by atoms with Crippen molar-refractivity contribution in [1.29, 1.82) is 0 Å². The van der Waals surface area contributed by atoms with E-state index >= 15 is 0 Å². The lowest BCUT2D eigenvalue weighted by Crippen LogP contribution is -2.34. The molecule has 0 bridgehead atoms. The Morgan fingerprint density at radius 3 is 3.00 bits per heavy atom. The summed E-state index contributed by atoms with van der Waals surface area (Å²) in [5.74, 6) is 0.798. The Morgan fingerprint density at radius 1 is 1.22 bits per heavy atom. The molecule has 2 aromatic rings. The molecule has 1 heterocycles. The van der Waals surface area contributed by atoms with Crippen molar-refractivity contribution in [2.75, 3.05) is 36.5 Å². The minimum Gasteiger partial charge on any atom is -0.489 e. The number of nitrogens with one attached hydrogen (secondary N) is 2. The fourth-order valence-corrected chi connectivity index (χ4v) is 3.53. The van der Waals surface area contributed by atoms with Gasteiger partial charge in [-0.05, 0) is 55.2 Å². The van der Waals surface area contributed by atoms with Crippen molar-refractivity contribution >= 4 is 28.7 Å². The monoisotopic (exact) mass is 381 g/mol. The molecule has 0 aromatic heterocycles. The summed E-state index contributed by atoms with van der Waals surface area (Å²) in [7, 11) is 0. The second-order valence-corrected chi connectivity index (χ2v) is 6.99. The van der Waals surface area contributed by atoms with E-state index in [1.165, 1.54) is 24.1 Å². The van der Waals surface area contributed by atoms with Crippen molar-refractivity contribution < 1.29 is 4.74 Å². The number of rotatable bonds is 8. The average molecular weight is 382 g/mol. The van der Waals surface area contributed by atoms with Gasteiger partial charge in [-0.3, -0.25) is 0 Å². The van der Waals surface area contributed by atoms with E-state index in [2.05, 4.69) is 46.4 Å². The van der Waals surface area contributed by atoms with Crippen LogP contribution in [0.2, 0.25) is 0 Å². The zero-order chi connectivity index (χ0) is 18.9. The third-order valence-corrected chi connectivity index (χ3v) is 4.80. The lowest BCUT2D eigenvalue weighted by atomic mass is 10.0. The van der Waals surface area contributed by atoms with Gasteiger partial charge in [-0.15, -0.1) is 0 Å². The molecule has 0 radical (unpaired) electrons. The van der Waals surface area contributed by atoms with E-state index in [-0.39, 0.29) is 0 Å². The van der Waals surface area contributed by atoms with E-state index in [1.54, 1.807) is 6.08 Å². The number of para-hydroxylation sites is 1. The van der Waals surface area contributed by atoms with Crippen molar-refractivity contribution in [1.82, 2.24) is 5.32 Å². The van der Waals surface area contributed by atoms with Crippen LogP contribution in [0.4, 0.5) is 11.4 Å². The lowest BCUT2D eigenvalue weighted by Gasteiger charge is -2.31. The highest BCUT2D eigenvalue weighted by Gasteiger charge is 2.15. The van der Waals surface area contributed by atoms with Gasteiger partial charge in [0.25, 0.3) is 0 Å². The van der Waals surface area contributed by atoms with Crippen LogP contribution in [0.5, 0.6) is 5.75 Å². The summed E-state index contributed by atoms with van der Waals surface area (Å²) < 4.78 is 5.54. The Labute approximate surface area is 167 Å². The SMILES string of the molecule is C=CCOc1cccc(NC(=S)NCCCN2CCCc3ccccc32)c1. The summed E-state index contributed by atoms with van der Waals surface area (Å²) in [5.41, 5.74) is 3.77. The first-order valence-electron chi connectivity index (χ1n) is 9.48. The molecule has 0 unspecified atom stereocenters. The summed E-state index contributed by atoms with van der Waals surface area (Å²) in [6.45, 7) is 7.17. The molecular formula is C22H27N3OS. The molecule has 0 atom stereocenters. The van der Waals surface area contributed by atoms with E-state index in [9.17, 15) is 0 Å². The molecule has 2 aromatic carbocycles. The van der Waals surface area contributed by atoms with Gasteiger partial charge >= 0.3 is 0 Å². The van der Waals surface area contributed by atoms with E-state index in [0.29, 0.717) is 11.7 Å². The normalized spacial score (nSPS) is 12.8. The molecule has 0 fully saturated rings. The number of nitrogens with zero attached hydrogens (tertiary/aromatic N) is 1. The molecule has 2 N–H and O–H groups in total. The molecule has 0 saturated heterocycles. The molecule has 0 spiro atoms. The van der Waals surface area contributed by atoms with Gasteiger partial charge in [-0.25, -0.2) is 0 Å². The maximum absolute atomic E-state index is 5.54. The van der Waals surface area contributed by atoms with Crippen LogP contribution in [0.15, 0.2) is 61.2 Å². The summed E-state index contributed by atoms with van der Waals surface area (Å²) >= 11 is 5.41. The van der Waals surface area contributed by atoms with Crippen LogP contribution in [0.25, 0.3) is 0 Å².